The van der Waals surface area contributed by atoms with Crippen LogP contribution in [0.2, 0.25) is 0 Å². The van der Waals surface area contributed by atoms with Gasteiger partial charge in [-0.25, -0.2) is 17.5 Å². The summed E-state index contributed by atoms with van der Waals surface area (Å²) in [5, 5.41) is 0.650. The minimum atomic E-state index is -3.67. The fraction of sp³-hybridized carbons (Fsp3) is 0.600. The van der Waals surface area contributed by atoms with Crippen molar-refractivity contribution in [2.75, 3.05) is 19.4 Å². The topological polar surface area (TPSA) is 55.4 Å². The van der Waals surface area contributed by atoms with E-state index in [1.54, 1.807) is 0 Å². The van der Waals surface area contributed by atoms with Gasteiger partial charge in [0.2, 0.25) is 10.0 Å². The Morgan fingerprint density at radius 3 is 2.68 bits per heavy atom. The van der Waals surface area contributed by atoms with Crippen LogP contribution in [0.25, 0.3) is 0 Å². The van der Waals surface area contributed by atoms with Crippen LogP contribution in [-0.4, -0.2) is 33.1 Å². The maximum absolute atomic E-state index is 13.6. The molecule has 0 amide bonds. The molecule has 1 aliphatic carbocycles. The molecule has 22 heavy (non-hydrogen) atoms. The van der Waals surface area contributed by atoms with E-state index in [0.29, 0.717) is 11.8 Å². The second kappa shape index (κ2) is 8.17. The highest BCUT2D eigenvalue weighted by atomic mass is 32.2. The van der Waals surface area contributed by atoms with Crippen LogP contribution in [0.15, 0.2) is 23.1 Å². The van der Waals surface area contributed by atoms with E-state index in [-0.39, 0.29) is 10.6 Å². The fourth-order valence-corrected chi connectivity index (χ4v) is 4.92. The van der Waals surface area contributed by atoms with Crippen LogP contribution < -0.4 is 9.46 Å². The van der Waals surface area contributed by atoms with Crippen LogP contribution in [0.4, 0.5) is 4.39 Å². The predicted octanol–water partition coefficient (Wildman–Crippen LogP) is 3.18. The third-order valence-corrected chi connectivity index (χ3v) is 6.57. The Hall–Kier alpha value is -0.790. The van der Waals surface area contributed by atoms with E-state index in [9.17, 15) is 12.8 Å². The lowest BCUT2D eigenvalue weighted by atomic mass is 10.0. The van der Waals surface area contributed by atoms with Crippen LogP contribution in [0.5, 0.6) is 5.75 Å². The Labute approximate surface area is 135 Å². The van der Waals surface area contributed by atoms with Crippen LogP contribution in [-0.2, 0) is 10.0 Å². The molecule has 4 nitrogen and oxygen atoms in total. The number of thioether (sulfide) groups is 1. The van der Waals surface area contributed by atoms with E-state index in [4.69, 9.17) is 4.74 Å². The fourth-order valence-electron chi connectivity index (χ4n) is 2.53. The van der Waals surface area contributed by atoms with Gasteiger partial charge in [-0.15, -0.1) is 0 Å². The second-order valence-corrected chi connectivity index (χ2v) is 8.50. The molecule has 1 saturated carbocycles. The Kier molecular flexibility index (Phi) is 6.52. The number of methoxy groups -OCH3 is 1. The Morgan fingerprint density at radius 2 is 2.05 bits per heavy atom. The van der Waals surface area contributed by atoms with Crippen molar-refractivity contribution in [3.05, 3.63) is 24.0 Å². The summed E-state index contributed by atoms with van der Waals surface area (Å²) in [6.45, 7) is 0.358. The standard InChI is InChI=1S/C15H22FNO3S2/c1-20-15-8-7-13(11-14(15)16)22(18,19)17-9-10-21-12-5-3-2-4-6-12/h7-8,11-12,17H,2-6,9-10H2,1H3. The van der Waals surface area contributed by atoms with Gasteiger partial charge in [0.1, 0.15) is 0 Å². The lowest BCUT2D eigenvalue weighted by molar-refractivity contribution is 0.385. The molecule has 124 valence electrons. The van der Waals surface area contributed by atoms with Gasteiger partial charge in [0.15, 0.2) is 11.6 Å². The first-order chi connectivity index (χ1) is 10.5. The molecule has 0 bridgehead atoms. The van der Waals surface area contributed by atoms with Crippen molar-refractivity contribution in [2.45, 2.75) is 42.2 Å². The molecule has 0 heterocycles. The van der Waals surface area contributed by atoms with Crippen LogP contribution in [0, 0.1) is 5.82 Å². The summed E-state index contributed by atoms with van der Waals surface area (Å²) >= 11 is 1.82. The first-order valence-electron chi connectivity index (χ1n) is 7.48. The molecule has 0 aromatic heterocycles. The molecule has 7 heteroatoms. The van der Waals surface area contributed by atoms with E-state index in [1.807, 2.05) is 11.8 Å². The number of halogens is 1. The first kappa shape index (κ1) is 17.6. The molecule has 1 N–H and O–H groups in total. The Bertz CT molecular complexity index is 586. The van der Waals surface area contributed by atoms with E-state index in [1.165, 1.54) is 51.3 Å². The molecule has 0 spiro atoms. The minimum absolute atomic E-state index is 0.0341. The van der Waals surface area contributed by atoms with Crippen molar-refractivity contribution >= 4 is 21.8 Å². The number of benzene rings is 1. The first-order valence-corrected chi connectivity index (χ1v) is 10.0. The zero-order valence-electron chi connectivity index (χ0n) is 12.7. The highest BCUT2D eigenvalue weighted by Crippen LogP contribution is 2.28. The smallest absolute Gasteiger partial charge is 0.240 e. The van der Waals surface area contributed by atoms with Gasteiger partial charge in [-0.2, -0.15) is 11.8 Å². The average Bonchev–Trinajstić information content (AvgIpc) is 2.52. The van der Waals surface area contributed by atoms with E-state index in [2.05, 4.69) is 4.72 Å². The summed E-state index contributed by atoms with van der Waals surface area (Å²) in [6, 6.07) is 3.65. The van der Waals surface area contributed by atoms with Crippen molar-refractivity contribution < 1.29 is 17.5 Å². The van der Waals surface area contributed by atoms with Crippen molar-refractivity contribution in [3.63, 3.8) is 0 Å². The summed E-state index contributed by atoms with van der Waals surface area (Å²) in [7, 11) is -2.33. The third-order valence-electron chi connectivity index (χ3n) is 3.73. The zero-order chi connectivity index (χ0) is 16.0. The van der Waals surface area contributed by atoms with Crippen LogP contribution in [0.1, 0.15) is 32.1 Å². The van der Waals surface area contributed by atoms with Gasteiger partial charge in [-0.05, 0) is 31.0 Å². The molecule has 0 atom stereocenters. The van der Waals surface area contributed by atoms with Crippen molar-refractivity contribution in [3.8, 4) is 5.75 Å². The molecule has 1 fully saturated rings. The molecular formula is C15H22FNO3S2. The number of nitrogens with one attached hydrogen (secondary N) is 1. The average molecular weight is 347 g/mol. The van der Waals surface area contributed by atoms with Crippen molar-refractivity contribution in [1.29, 1.82) is 0 Å². The van der Waals surface area contributed by atoms with E-state index in [0.717, 1.165) is 11.8 Å². The largest absolute Gasteiger partial charge is 0.494 e. The van der Waals surface area contributed by atoms with Gasteiger partial charge in [0, 0.05) is 17.5 Å². The highest BCUT2D eigenvalue weighted by Gasteiger charge is 2.17. The van der Waals surface area contributed by atoms with Crippen LogP contribution in [0.3, 0.4) is 0 Å². The molecule has 0 saturated heterocycles. The maximum Gasteiger partial charge on any atom is 0.240 e. The highest BCUT2D eigenvalue weighted by molar-refractivity contribution is 8.00. The van der Waals surface area contributed by atoms with Gasteiger partial charge in [-0.3, -0.25) is 0 Å². The normalized spacial score (nSPS) is 16.6. The maximum atomic E-state index is 13.6. The minimum Gasteiger partial charge on any atom is -0.494 e. The monoisotopic (exact) mass is 347 g/mol. The molecule has 0 aliphatic heterocycles. The van der Waals surface area contributed by atoms with Gasteiger partial charge >= 0.3 is 0 Å². The molecule has 1 aliphatic rings. The molecular weight excluding hydrogens is 325 g/mol. The Morgan fingerprint density at radius 1 is 1.32 bits per heavy atom. The van der Waals surface area contributed by atoms with Crippen LogP contribution >= 0.6 is 11.8 Å². The lowest BCUT2D eigenvalue weighted by Gasteiger charge is -2.20. The Balaban J connectivity index is 1.84. The van der Waals surface area contributed by atoms with Crippen molar-refractivity contribution in [1.82, 2.24) is 4.72 Å². The van der Waals surface area contributed by atoms with Gasteiger partial charge in [0.05, 0.1) is 12.0 Å². The van der Waals surface area contributed by atoms with Gasteiger partial charge in [-0.1, -0.05) is 19.3 Å². The number of hydrogen-bond donors (Lipinski definition) is 1. The lowest BCUT2D eigenvalue weighted by Crippen LogP contribution is -2.26. The quantitative estimate of drug-likeness (QED) is 0.770. The molecule has 2 rings (SSSR count). The summed E-state index contributed by atoms with van der Waals surface area (Å²) in [6.07, 6.45) is 6.30. The zero-order valence-corrected chi connectivity index (χ0v) is 14.3. The number of rotatable bonds is 7. The van der Waals surface area contributed by atoms with Gasteiger partial charge in [0.25, 0.3) is 0 Å². The molecule has 0 radical (unpaired) electrons. The van der Waals surface area contributed by atoms with E-state index >= 15 is 0 Å². The number of ether oxygens (including phenoxy) is 1. The van der Waals surface area contributed by atoms with E-state index < -0.39 is 15.8 Å². The third kappa shape index (κ3) is 4.86. The number of hydrogen-bond acceptors (Lipinski definition) is 4. The molecule has 0 unspecified atom stereocenters. The van der Waals surface area contributed by atoms with Crippen molar-refractivity contribution in [2.24, 2.45) is 0 Å². The number of sulfonamides is 1. The summed E-state index contributed by atoms with van der Waals surface area (Å²) < 4.78 is 45.1. The van der Waals surface area contributed by atoms with Gasteiger partial charge < -0.3 is 4.74 Å². The summed E-state index contributed by atoms with van der Waals surface area (Å²) in [5.41, 5.74) is 0. The summed E-state index contributed by atoms with van der Waals surface area (Å²) in [4.78, 5) is -0.0755. The summed E-state index contributed by atoms with van der Waals surface area (Å²) in [5.74, 6) is 0.0940. The molecule has 1 aromatic rings. The molecule has 1 aromatic carbocycles. The predicted molar refractivity (Wildman–Crippen MR) is 87.5 cm³/mol. The SMILES string of the molecule is COc1ccc(S(=O)(=O)NCCSC2CCCCC2)cc1F. The second-order valence-electron chi connectivity index (χ2n) is 5.32.